The smallest absolute Gasteiger partial charge is 0.306 e. The molecule has 0 saturated heterocycles. The molecule has 2 rings (SSSR count). The van der Waals surface area contributed by atoms with Gasteiger partial charge in [0.1, 0.15) is 5.82 Å². The summed E-state index contributed by atoms with van der Waals surface area (Å²) in [7, 11) is 0. The third kappa shape index (κ3) is 3.93. The SMILES string of the molecule is NC(=O)c1ccc(NCC2CCC(C(=O)O)CC2)c(F)c1. The molecular weight excluding hydrogens is 275 g/mol. The molecule has 6 heteroatoms. The van der Waals surface area contributed by atoms with Crippen molar-refractivity contribution in [2.24, 2.45) is 17.6 Å². The van der Waals surface area contributed by atoms with Crippen molar-refractivity contribution < 1.29 is 19.1 Å². The first-order valence-corrected chi connectivity index (χ1v) is 7.03. The number of halogens is 1. The average Bonchev–Trinajstić information content (AvgIpc) is 2.46. The second-order valence-electron chi connectivity index (χ2n) is 5.50. The zero-order valence-electron chi connectivity index (χ0n) is 11.6. The van der Waals surface area contributed by atoms with Gasteiger partial charge in [0.05, 0.1) is 11.6 Å². The number of carbonyl (C=O) groups is 2. The Morgan fingerprint density at radius 3 is 2.48 bits per heavy atom. The lowest BCUT2D eigenvalue weighted by atomic mass is 9.82. The van der Waals surface area contributed by atoms with Crippen LogP contribution in [-0.2, 0) is 4.79 Å². The highest BCUT2D eigenvalue weighted by atomic mass is 19.1. The van der Waals surface area contributed by atoms with Gasteiger partial charge in [-0.3, -0.25) is 9.59 Å². The summed E-state index contributed by atoms with van der Waals surface area (Å²) in [5, 5.41) is 12.0. The molecule has 0 unspecified atom stereocenters. The molecule has 1 aromatic rings. The Morgan fingerprint density at radius 2 is 1.95 bits per heavy atom. The molecule has 5 nitrogen and oxygen atoms in total. The Labute approximate surface area is 122 Å². The van der Waals surface area contributed by atoms with Crippen molar-refractivity contribution in [1.29, 1.82) is 0 Å². The van der Waals surface area contributed by atoms with Gasteiger partial charge in [0, 0.05) is 12.1 Å². The number of rotatable bonds is 5. The van der Waals surface area contributed by atoms with Crippen molar-refractivity contribution in [3.63, 3.8) is 0 Å². The molecular formula is C15H19FN2O3. The number of benzene rings is 1. The molecule has 1 aliphatic carbocycles. The Morgan fingerprint density at radius 1 is 1.29 bits per heavy atom. The van der Waals surface area contributed by atoms with Crippen LogP contribution in [0.2, 0.25) is 0 Å². The van der Waals surface area contributed by atoms with E-state index in [1.807, 2.05) is 0 Å². The second kappa shape index (κ2) is 6.56. The van der Waals surface area contributed by atoms with Crippen LogP contribution in [0.5, 0.6) is 0 Å². The van der Waals surface area contributed by atoms with Gasteiger partial charge >= 0.3 is 5.97 Å². The topological polar surface area (TPSA) is 92.4 Å². The van der Waals surface area contributed by atoms with Crippen molar-refractivity contribution >= 4 is 17.6 Å². The largest absolute Gasteiger partial charge is 0.481 e. The molecule has 0 atom stereocenters. The predicted molar refractivity (Wildman–Crippen MR) is 76.5 cm³/mol. The van der Waals surface area contributed by atoms with Gasteiger partial charge in [-0.2, -0.15) is 0 Å². The normalized spacial score (nSPS) is 21.8. The molecule has 0 aliphatic heterocycles. The van der Waals surface area contributed by atoms with Crippen molar-refractivity contribution in [2.45, 2.75) is 25.7 Å². The molecule has 0 bridgehead atoms. The quantitative estimate of drug-likeness (QED) is 0.776. The molecule has 0 heterocycles. The fourth-order valence-corrected chi connectivity index (χ4v) is 2.68. The first kappa shape index (κ1) is 15.3. The van der Waals surface area contributed by atoms with E-state index in [2.05, 4.69) is 5.32 Å². The second-order valence-corrected chi connectivity index (χ2v) is 5.50. The van der Waals surface area contributed by atoms with E-state index in [0.29, 0.717) is 31.0 Å². The maximum absolute atomic E-state index is 13.8. The lowest BCUT2D eigenvalue weighted by Gasteiger charge is -2.26. The van der Waals surface area contributed by atoms with Crippen LogP contribution in [0.1, 0.15) is 36.0 Å². The van der Waals surface area contributed by atoms with Crippen LogP contribution in [0.15, 0.2) is 18.2 Å². The van der Waals surface area contributed by atoms with Gasteiger partial charge in [-0.25, -0.2) is 4.39 Å². The lowest BCUT2D eigenvalue weighted by molar-refractivity contribution is -0.143. The van der Waals surface area contributed by atoms with Crippen LogP contribution in [0.25, 0.3) is 0 Å². The molecule has 0 aromatic heterocycles. The summed E-state index contributed by atoms with van der Waals surface area (Å²) in [4.78, 5) is 21.8. The van der Waals surface area contributed by atoms with Crippen molar-refractivity contribution in [2.75, 3.05) is 11.9 Å². The number of aliphatic carboxylic acids is 1. The highest BCUT2D eigenvalue weighted by Gasteiger charge is 2.25. The van der Waals surface area contributed by atoms with Gasteiger partial charge in [0.15, 0.2) is 0 Å². The molecule has 114 valence electrons. The average molecular weight is 294 g/mol. The number of nitrogens with two attached hydrogens (primary N) is 1. The van der Waals surface area contributed by atoms with E-state index in [1.54, 1.807) is 0 Å². The van der Waals surface area contributed by atoms with Gasteiger partial charge < -0.3 is 16.2 Å². The number of carboxylic acid groups (broad SMARTS) is 1. The van der Waals surface area contributed by atoms with Crippen LogP contribution in [-0.4, -0.2) is 23.5 Å². The third-order valence-electron chi connectivity index (χ3n) is 4.03. The number of nitrogens with one attached hydrogen (secondary N) is 1. The number of carbonyl (C=O) groups excluding carboxylic acids is 1. The summed E-state index contributed by atoms with van der Waals surface area (Å²) in [5.41, 5.74) is 5.56. The van der Waals surface area contributed by atoms with E-state index >= 15 is 0 Å². The summed E-state index contributed by atoms with van der Waals surface area (Å²) in [6.45, 7) is 0.596. The van der Waals surface area contributed by atoms with Gasteiger partial charge in [-0.15, -0.1) is 0 Å². The third-order valence-corrected chi connectivity index (χ3v) is 4.03. The Hall–Kier alpha value is -2.11. The van der Waals surface area contributed by atoms with E-state index in [9.17, 15) is 14.0 Å². The van der Waals surface area contributed by atoms with Gasteiger partial charge in [0.25, 0.3) is 0 Å². The molecule has 21 heavy (non-hydrogen) atoms. The molecule has 0 spiro atoms. The molecule has 1 fully saturated rings. The summed E-state index contributed by atoms with van der Waals surface area (Å²) in [6.07, 6.45) is 2.99. The van der Waals surface area contributed by atoms with Crippen molar-refractivity contribution in [3.05, 3.63) is 29.6 Å². The Bertz CT molecular complexity index is 540. The number of amides is 1. The fourth-order valence-electron chi connectivity index (χ4n) is 2.68. The van der Waals surface area contributed by atoms with Gasteiger partial charge in [-0.05, 0) is 49.8 Å². The van der Waals surface area contributed by atoms with E-state index in [0.717, 1.165) is 18.9 Å². The first-order valence-electron chi connectivity index (χ1n) is 7.03. The number of carboxylic acids is 1. The van der Waals surface area contributed by atoms with Crippen LogP contribution in [0.3, 0.4) is 0 Å². The molecule has 1 amide bonds. The lowest BCUT2D eigenvalue weighted by Crippen LogP contribution is -2.25. The molecule has 1 aliphatic rings. The summed E-state index contributed by atoms with van der Waals surface area (Å²) >= 11 is 0. The zero-order valence-corrected chi connectivity index (χ0v) is 11.6. The maximum Gasteiger partial charge on any atom is 0.306 e. The van der Waals surface area contributed by atoms with Crippen molar-refractivity contribution in [3.8, 4) is 0 Å². The highest BCUT2D eigenvalue weighted by molar-refractivity contribution is 5.93. The number of anilines is 1. The summed E-state index contributed by atoms with van der Waals surface area (Å²) in [6, 6.07) is 4.10. The minimum atomic E-state index is -0.727. The zero-order chi connectivity index (χ0) is 15.4. The summed E-state index contributed by atoms with van der Waals surface area (Å²) in [5.74, 6) is -1.80. The Balaban J connectivity index is 1.87. The fraction of sp³-hybridized carbons (Fsp3) is 0.467. The van der Waals surface area contributed by atoms with Crippen LogP contribution >= 0.6 is 0 Å². The highest BCUT2D eigenvalue weighted by Crippen LogP contribution is 2.29. The van der Waals surface area contributed by atoms with E-state index in [1.165, 1.54) is 12.1 Å². The molecule has 1 saturated carbocycles. The monoisotopic (exact) mass is 294 g/mol. The van der Waals surface area contributed by atoms with E-state index in [4.69, 9.17) is 10.8 Å². The number of hydrogen-bond donors (Lipinski definition) is 3. The number of hydrogen-bond acceptors (Lipinski definition) is 3. The van der Waals surface area contributed by atoms with E-state index < -0.39 is 17.7 Å². The molecule has 1 aromatic carbocycles. The van der Waals surface area contributed by atoms with Gasteiger partial charge in [0.2, 0.25) is 5.91 Å². The van der Waals surface area contributed by atoms with Gasteiger partial charge in [-0.1, -0.05) is 0 Å². The van der Waals surface area contributed by atoms with E-state index in [-0.39, 0.29) is 11.5 Å². The minimum Gasteiger partial charge on any atom is -0.481 e. The van der Waals surface area contributed by atoms with Crippen molar-refractivity contribution in [1.82, 2.24) is 0 Å². The Kier molecular flexibility index (Phi) is 4.77. The standard InChI is InChI=1S/C15H19FN2O3/c16-12-7-11(14(17)19)5-6-13(12)18-8-9-1-3-10(4-2-9)15(20)21/h5-7,9-10,18H,1-4,8H2,(H2,17,19)(H,20,21). The van der Waals surface area contributed by atoms with Crippen LogP contribution in [0.4, 0.5) is 10.1 Å². The minimum absolute atomic E-state index is 0.139. The molecule has 4 N–H and O–H groups in total. The number of primary amides is 1. The first-order chi connectivity index (χ1) is 9.97. The maximum atomic E-state index is 13.8. The summed E-state index contributed by atoms with van der Waals surface area (Å²) < 4.78 is 13.8. The van der Waals surface area contributed by atoms with Crippen LogP contribution < -0.4 is 11.1 Å². The predicted octanol–water partition coefficient (Wildman–Crippen LogP) is 2.23. The molecule has 0 radical (unpaired) electrons. The van der Waals surface area contributed by atoms with Crippen LogP contribution in [0, 0.1) is 17.7 Å².